The Kier molecular flexibility index (Phi) is 10.7. The van der Waals surface area contributed by atoms with Crippen molar-refractivity contribution in [1.29, 1.82) is 0 Å². The monoisotopic (exact) mass is 414 g/mol. The van der Waals surface area contributed by atoms with Crippen molar-refractivity contribution in [3.05, 3.63) is 0 Å². The number of rotatable bonds is 12. The van der Waals surface area contributed by atoms with Gasteiger partial charge in [0.2, 0.25) is 0 Å². The fourth-order valence-electron chi connectivity index (χ4n) is 2.73. The topological polar surface area (TPSA) is 36.9 Å². The summed E-state index contributed by atoms with van der Waals surface area (Å²) in [7, 11) is -0.168. The molecule has 0 aliphatic rings. The van der Waals surface area contributed by atoms with E-state index in [9.17, 15) is 0 Å². The molecule has 0 spiro atoms. The van der Waals surface area contributed by atoms with Crippen LogP contribution in [0.3, 0.4) is 0 Å². The van der Waals surface area contributed by atoms with Gasteiger partial charge in [0.1, 0.15) is 0 Å². The van der Waals surface area contributed by atoms with E-state index in [2.05, 4.69) is 41.5 Å². The maximum absolute atomic E-state index is 6.65. The summed E-state index contributed by atoms with van der Waals surface area (Å²) in [6.07, 6.45) is 0. The van der Waals surface area contributed by atoms with Crippen LogP contribution in [0, 0.1) is 0 Å². The Labute approximate surface area is 141 Å². The van der Waals surface area contributed by atoms with Crippen molar-refractivity contribution >= 4 is 16.6 Å². The molecule has 21 heavy (non-hydrogen) atoms. The second-order valence-electron chi connectivity index (χ2n) is 5.60. The van der Waals surface area contributed by atoms with E-state index in [1.807, 2.05) is 0 Å². The van der Waals surface area contributed by atoms with E-state index in [1.165, 1.54) is 0 Å². The molecule has 4 nitrogen and oxygen atoms in total. The summed E-state index contributed by atoms with van der Waals surface area (Å²) in [5, 5.41) is 0. The van der Waals surface area contributed by atoms with Crippen LogP contribution in [0.4, 0.5) is 0 Å². The molecular formula is C14H36O4Si2Zr. The van der Waals surface area contributed by atoms with E-state index in [0.29, 0.717) is 0 Å². The quantitative estimate of drug-likeness (QED) is 0.414. The molecule has 0 unspecified atom stereocenters. The van der Waals surface area contributed by atoms with Gasteiger partial charge in [0.15, 0.2) is 0 Å². The molecule has 0 bridgehead atoms. The van der Waals surface area contributed by atoms with Gasteiger partial charge in [0.25, 0.3) is 0 Å². The third-order valence-electron chi connectivity index (χ3n) is 5.05. The van der Waals surface area contributed by atoms with Crippen LogP contribution < -0.4 is 0 Å². The Morgan fingerprint density at radius 1 is 0.571 bits per heavy atom. The zero-order valence-electron chi connectivity index (χ0n) is 15.4. The molecule has 0 saturated carbocycles. The molecule has 0 aliphatic carbocycles. The van der Waals surface area contributed by atoms with Gasteiger partial charge in [-0.2, -0.15) is 0 Å². The van der Waals surface area contributed by atoms with Gasteiger partial charge in [-0.15, -0.1) is 0 Å². The summed E-state index contributed by atoms with van der Waals surface area (Å²) in [4.78, 5) is 0. The minimum absolute atomic E-state index is 1.09. The van der Waals surface area contributed by atoms with Crippen molar-refractivity contribution in [2.75, 3.05) is 14.2 Å². The van der Waals surface area contributed by atoms with Crippen LogP contribution >= 0.6 is 0 Å². The van der Waals surface area contributed by atoms with Gasteiger partial charge in [-0.1, -0.05) is 0 Å². The Morgan fingerprint density at radius 3 is 0.952 bits per heavy atom. The van der Waals surface area contributed by atoms with Crippen molar-refractivity contribution in [2.24, 2.45) is 0 Å². The summed E-state index contributed by atoms with van der Waals surface area (Å²) < 4.78 is 24.9. The predicted octanol–water partition coefficient (Wildman–Crippen LogP) is 5.14. The maximum atomic E-state index is 6.65. The Balaban J connectivity index is 5.42. The van der Waals surface area contributed by atoms with Crippen molar-refractivity contribution in [2.45, 2.75) is 77.8 Å². The zero-order chi connectivity index (χ0) is 16.6. The molecule has 0 aromatic heterocycles. The zero-order valence-corrected chi connectivity index (χ0v) is 19.8. The van der Waals surface area contributed by atoms with Gasteiger partial charge in [-0.3, -0.25) is 0 Å². The summed E-state index contributed by atoms with van der Waals surface area (Å²) in [5.41, 5.74) is 0. The summed E-state index contributed by atoms with van der Waals surface area (Å²) in [6, 6.07) is 6.55. The fourth-order valence-corrected chi connectivity index (χ4v) is 26.2. The Hall–Kier alpha value is 1.16. The number of hydrogen-bond acceptors (Lipinski definition) is 4. The molecule has 0 fully saturated rings. The molecule has 0 saturated heterocycles. The molecular weight excluding hydrogens is 380 g/mol. The van der Waals surface area contributed by atoms with E-state index in [-0.39, 0.29) is 0 Å². The fraction of sp³-hybridized carbons (Fsp3) is 1.00. The van der Waals surface area contributed by atoms with E-state index >= 15 is 0 Å². The van der Waals surface area contributed by atoms with Crippen LogP contribution in [0.15, 0.2) is 0 Å². The standard InChI is InChI=1S/2C6H15OSi.2CH3O.Zr/c2*1-4-8(7,5-2)6-3;2*1-2;/h2*4-6H2,1-3H3;2*1H3;/q4*-1;+4. The second kappa shape index (κ2) is 10.1. The molecule has 0 N–H and O–H groups in total. The van der Waals surface area contributed by atoms with Crippen LogP contribution in [0.2, 0.25) is 36.3 Å². The molecule has 128 valence electrons. The molecule has 0 atom stereocenters. The molecule has 0 aromatic rings. The van der Waals surface area contributed by atoms with Gasteiger partial charge < -0.3 is 0 Å². The van der Waals surface area contributed by atoms with Crippen LogP contribution in [-0.2, 0) is 32.7 Å². The third-order valence-corrected chi connectivity index (χ3v) is 26.7. The third kappa shape index (κ3) is 5.62. The van der Waals surface area contributed by atoms with E-state index in [1.54, 1.807) is 14.2 Å². The molecule has 0 aliphatic heterocycles. The summed E-state index contributed by atoms with van der Waals surface area (Å²) in [6.45, 7) is 13.4. The Bertz CT molecular complexity index is 240. The normalized spacial score (nSPS) is 13.7. The van der Waals surface area contributed by atoms with Crippen molar-refractivity contribution < 1.29 is 32.7 Å². The van der Waals surface area contributed by atoms with Crippen LogP contribution in [0.25, 0.3) is 0 Å². The average Bonchev–Trinajstić information content (AvgIpc) is 2.57. The van der Waals surface area contributed by atoms with E-state index in [0.717, 1.165) is 36.3 Å². The Morgan fingerprint density at radius 2 is 0.810 bits per heavy atom. The van der Waals surface area contributed by atoms with Crippen molar-refractivity contribution in [1.82, 2.24) is 0 Å². The summed E-state index contributed by atoms with van der Waals surface area (Å²) >= 11 is -3.89. The van der Waals surface area contributed by atoms with Crippen LogP contribution in [0.5, 0.6) is 0 Å². The molecule has 0 radical (unpaired) electrons. The van der Waals surface area contributed by atoms with Crippen molar-refractivity contribution in [3.63, 3.8) is 0 Å². The number of hydrogen-bond donors (Lipinski definition) is 0. The SMILES string of the molecule is CC[Si](CC)(CC)[O][Zr]([O]C)([O]C)[O][Si](CC)(CC)CC. The van der Waals surface area contributed by atoms with Gasteiger partial charge in [0, 0.05) is 0 Å². The molecule has 0 rings (SSSR count). The second-order valence-corrected chi connectivity index (χ2v) is 22.5. The van der Waals surface area contributed by atoms with Gasteiger partial charge in [-0.05, 0) is 0 Å². The molecule has 0 aromatic carbocycles. The van der Waals surface area contributed by atoms with Gasteiger partial charge in [-0.25, -0.2) is 0 Å². The molecule has 7 heteroatoms. The average molecular weight is 416 g/mol. The van der Waals surface area contributed by atoms with E-state index in [4.69, 9.17) is 10.6 Å². The summed E-state index contributed by atoms with van der Waals surface area (Å²) in [5.74, 6) is 0. The van der Waals surface area contributed by atoms with Crippen LogP contribution in [-0.4, -0.2) is 30.9 Å². The van der Waals surface area contributed by atoms with Crippen LogP contribution in [0.1, 0.15) is 41.5 Å². The van der Waals surface area contributed by atoms with Gasteiger partial charge >= 0.3 is 141 Å². The molecule has 0 amide bonds. The molecule has 0 heterocycles. The van der Waals surface area contributed by atoms with E-state index < -0.39 is 38.7 Å². The first-order chi connectivity index (χ1) is 9.90. The first-order valence-electron chi connectivity index (χ1n) is 8.41. The van der Waals surface area contributed by atoms with Crippen molar-refractivity contribution in [3.8, 4) is 0 Å². The predicted molar refractivity (Wildman–Crippen MR) is 90.6 cm³/mol. The first kappa shape index (κ1) is 22.2. The first-order valence-corrected chi connectivity index (χ1v) is 17.5. The minimum atomic E-state index is -3.89. The van der Waals surface area contributed by atoms with Gasteiger partial charge in [0.05, 0.1) is 0 Å².